The Morgan fingerprint density at radius 2 is 2.00 bits per heavy atom. The fourth-order valence-corrected chi connectivity index (χ4v) is 4.07. The van der Waals surface area contributed by atoms with Crippen molar-refractivity contribution in [3.63, 3.8) is 0 Å². The van der Waals surface area contributed by atoms with Crippen molar-refractivity contribution in [1.29, 1.82) is 0 Å². The van der Waals surface area contributed by atoms with Crippen LogP contribution in [0.4, 0.5) is 5.69 Å². The van der Waals surface area contributed by atoms with E-state index < -0.39 is 9.84 Å². The summed E-state index contributed by atoms with van der Waals surface area (Å²) in [5.41, 5.74) is 1.69. The van der Waals surface area contributed by atoms with Gasteiger partial charge in [-0.25, -0.2) is 18.4 Å². The number of sulfone groups is 1. The van der Waals surface area contributed by atoms with E-state index in [0.717, 1.165) is 30.0 Å². The molecule has 1 aliphatic rings. The highest BCUT2D eigenvalue weighted by atomic mass is 35.5. The standard InChI is InChI=1S/C21H20ClN3O4S/c1-30(27,28)21-18(3-2-10-23-21)25(20(26)13-29-16-7-8-16)12-14-4-5-15-6-9-19(22)24-17(15)11-14/h2-6,9-11,16H,7-8,12-13H2,1H3. The van der Waals surface area contributed by atoms with Crippen LogP contribution in [0.25, 0.3) is 10.9 Å². The van der Waals surface area contributed by atoms with E-state index in [1.54, 1.807) is 18.2 Å². The molecule has 1 aliphatic carbocycles. The van der Waals surface area contributed by atoms with E-state index in [4.69, 9.17) is 16.3 Å². The Labute approximate surface area is 179 Å². The van der Waals surface area contributed by atoms with Crippen molar-refractivity contribution in [3.05, 3.63) is 59.4 Å². The molecule has 0 unspecified atom stereocenters. The summed E-state index contributed by atoms with van der Waals surface area (Å²) in [5.74, 6) is -0.334. The van der Waals surface area contributed by atoms with Crippen LogP contribution in [0.15, 0.2) is 53.7 Å². The van der Waals surface area contributed by atoms with E-state index in [-0.39, 0.29) is 35.9 Å². The lowest BCUT2D eigenvalue weighted by atomic mass is 10.1. The molecule has 0 atom stereocenters. The minimum absolute atomic E-state index is 0.103. The van der Waals surface area contributed by atoms with E-state index in [1.165, 1.54) is 11.1 Å². The van der Waals surface area contributed by atoms with Crippen molar-refractivity contribution in [2.75, 3.05) is 17.8 Å². The summed E-state index contributed by atoms with van der Waals surface area (Å²) in [6, 6.07) is 12.4. The number of nitrogens with zero attached hydrogens (tertiary/aromatic N) is 3. The first-order valence-electron chi connectivity index (χ1n) is 9.43. The van der Waals surface area contributed by atoms with Crippen LogP contribution in [-0.4, -0.2) is 43.3 Å². The lowest BCUT2D eigenvalue weighted by Crippen LogP contribution is -2.35. The molecule has 3 aromatic rings. The number of carbonyl (C=O) groups excluding carboxylic acids is 1. The molecule has 2 aromatic heterocycles. The predicted octanol–water partition coefficient (Wildman–Crippen LogP) is 3.40. The van der Waals surface area contributed by atoms with Gasteiger partial charge in [-0.05, 0) is 48.7 Å². The van der Waals surface area contributed by atoms with E-state index in [0.29, 0.717) is 10.7 Å². The molecule has 7 nitrogen and oxygen atoms in total. The SMILES string of the molecule is CS(=O)(=O)c1ncccc1N(Cc1ccc2ccc(Cl)nc2c1)C(=O)COC1CC1. The van der Waals surface area contributed by atoms with Crippen molar-refractivity contribution < 1.29 is 17.9 Å². The second-order valence-corrected chi connectivity index (χ2v) is 9.57. The molecule has 1 aromatic carbocycles. The fraction of sp³-hybridized carbons (Fsp3) is 0.286. The third kappa shape index (κ3) is 4.77. The van der Waals surface area contributed by atoms with Gasteiger partial charge in [0.15, 0.2) is 14.9 Å². The van der Waals surface area contributed by atoms with Crippen LogP contribution >= 0.6 is 11.6 Å². The Morgan fingerprint density at radius 1 is 1.23 bits per heavy atom. The van der Waals surface area contributed by atoms with Gasteiger partial charge in [0, 0.05) is 17.8 Å². The number of rotatable bonds is 7. The van der Waals surface area contributed by atoms with Gasteiger partial charge in [-0.1, -0.05) is 23.7 Å². The molecule has 30 heavy (non-hydrogen) atoms. The van der Waals surface area contributed by atoms with Gasteiger partial charge in [-0.2, -0.15) is 0 Å². The first kappa shape index (κ1) is 20.7. The van der Waals surface area contributed by atoms with E-state index in [2.05, 4.69) is 9.97 Å². The third-order valence-electron chi connectivity index (χ3n) is 4.72. The van der Waals surface area contributed by atoms with Crippen molar-refractivity contribution in [3.8, 4) is 0 Å². The summed E-state index contributed by atoms with van der Waals surface area (Å²) in [6.45, 7) is 0.0195. The molecule has 4 rings (SSSR count). The van der Waals surface area contributed by atoms with Crippen LogP contribution in [-0.2, 0) is 25.9 Å². The quantitative estimate of drug-likeness (QED) is 0.518. The highest BCUT2D eigenvalue weighted by Gasteiger charge is 2.28. The maximum Gasteiger partial charge on any atom is 0.253 e. The van der Waals surface area contributed by atoms with Crippen molar-refractivity contribution in [2.24, 2.45) is 0 Å². The normalized spacial score (nSPS) is 14.1. The van der Waals surface area contributed by atoms with Gasteiger partial charge >= 0.3 is 0 Å². The lowest BCUT2D eigenvalue weighted by Gasteiger charge is -2.24. The maximum atomic E-state index is 13.0. The highest BCUT2D eigenvalue weighted by molar-refractivity contribution is 7.90. The second kappa shape index (κ2) is 8.29. The van der Waals surface area contributed by atoms with Crippen LogP contribution in [0.5, 0.6) is 0 Å². The Balaban J connectivity index is 1.71. The topological polar surface area (TPSA) is 89.5 Å². The van der Waals surface area contributed by atoms with E-state index in [9.17, 15) is 13.2 Å². The molecule has 156 valence electrons. The number of anilines is 1. The smallest absolute Gasteiger partial charge is 0.253 e. The van der Waals surface area contributed by atoms with Crippen molar-refractivity contribution in [1.82, 2.24) is 9.97 Å². The molecule has 9 heteroatoms. The van der Waals surface area contributed by atoms with Crippen LogP contribution in [0.3, 0.4) is 0 Å². The number of hydrogen-bond acceptors (Lipinski definition) is 6. The number of pyridine rings is 2. The summed E-state index contributed by atoms with van der Waals surface area (Å²) < 4.78 is 30.1. The largest absolute Gasteiger partial charge is 0.368 e. The predicted molar refractivity (Wildman–Crippen MR) is 114 cm³/mol. The van der Waals surface area contributed by atoms with Gasteiger partial charge in [-0.15, -0.1) is 0 Å². The average molecular weight is 446 g/mol. The molecule has 1 amide bonds. The molecule has 1 saturated carbocycles. The number of aromatic nitrogens is 2. The van der Waals surface area contributed by atoms with Gasteiger partial charge in [0.05, 0.1) is 23.9 Å². The molecule has 0 bridgehead atoms. The summed E-state index contributed by atoms with van der Waals surface area (Å²) in [5, 5.41) is 1.14. The molecule has 0 saturated heterocycles. The molecular formula is C21H20ClN3O4S. The number of fused-ring (bicyclic) bond motifs is 1. The minimum Gasteiger partial charge on any atom is -0.368 e. The summed E-state index contributed by atoms with van der Waals surface area (Å²) in [7, 11) is -3.64. The number of benzene rings is 1. The van der Waals surface area contributed by atoms with Gasteiger partial charge in [0.25, 0.3) is 5.91 Å². The molecule has 0 spiro atoms. The maximum absolute atomic E-state index is 13.0. The molecule has 0 aliphatic heterocycles. The van der Waals surface area contributed by atoms with Gasteiger partial charge in [0.2, 0.25) is 0 Å². The molecule has 2 heterocycles. The highest BCUT2D eigenvalue weighted by Crippen LogP contribution is 2.27. The molecule has 1 fully saturated rings. The number of ether oxygens (including phenoxy) is 1. The number of halogens is 1. The Morgan fingerprint density at radius 3 is 2.73 bits per heavy atom. The zero-order valence-corrected chi connectivity index (χ0v) is 17.9. The Hall–Kier alpha value is -2.55. The zero-order chi connectivity index (χ0) is 21.3. The number of hydrogen-bond donors (Lipinski definition) is 0. The van der Waals surface area contributed by atoms with E-state index >= 15 is 0 Å². The van der Waals surface area contributed by atoms with Crippen molar-refractivity contribution >= 4 is 43.9 Å². The summed E-state index contributed by atoms with van der Waals surface area (Å²) >= 11 is 6.00. The molecule has 0 N–H and O–H groups in total. The molecular weight excluding hydrogens is 426 g/mol. The summed E-state index contributed by atoms with van der Waals surface area (Å²) in [6.07, 6.45) is 4.44. The van der Waals surface area contributed by atoms with Gasteiger partial charge in [-0.3, -0.25) is 4.79 Å². The monoisotopic (exact) mass is 445 g/mol. The van der Waals surface area contributed by atoms with Gasteiger partial charge in [0.1, 0.15) is 11.8 Å². The first-order chi connectivity index (χ1) is 14.3. The third-order valence-corrected chi connectivity index (χ3v) is 5.95. The minimum atomic E-state index is -3.64. The summed E-state index contributed by atoms with van der Waals surface area (Å²) in [4.78, 5) is 22.7. The van der Waals surface area contributed by atoms with E-state index in [1.807, 2.05) is 24.3 Å². The number of amides is 1. The Bertz CT molecular complexity index is 1210. The van der Waals surface area contributed by atoms with Crippen molar-refractivity contribution in [2.45, 2.75) is 30.5 Å². The van der Waals surface area contributed by atoms with Crippen LogP contribution in [0.1, 0.15) is 18.4 Å². The average Bonchev–Trinajstić information content (AvgIpc) is 3.54. The molecule has 0 radical (unpaired) electrons. The first-order valence-corrected chi connectivity index (χ1v) is 11.7. The van der Waals surface area contributed by atoms with Gasteiger partial charge < -0.3 is 9.64 Å². The lowest BCUT2D eigenvalue weighted by molar-refractivity contribution is -0.123. The fourth-order valence-electron chi connectivity index (χ4n) is 3.10. The van der Waals surface area contributed by atoms with Crippen LogP contribution in [0, 0.1) is 0 Å². The Kier molecular flexibility index (Phi) is 5.73. The zero-order valence-electron chi connectivity index (χ0n) is 16.3. The van der Waals surface area contributed by atoms with Crippen LogP contribution in [0.2, 0.25) is 5.15 Å². The van der Waals surface area contributed by atoms with Crippen LogP contribution < -0.4 is 4.90 Å². The number of carbonyl (C=O) groups is 1. The second-order valence-electron chi connectivity index (χ2n) is 7.25.